The number of rotatable bonds is 4. The molecule has 0 saturated carbocycles. The zero-order valence-corrected chi connectivity index (χ0v) is 13.2. The number of fused-ring (bicyclic) bond motifs is 1. The molecular weight excluding hydrogens is 280 g/mol. The van der Waals surface area contributed by atoms with Crippen molar-refractivity contribution in [3.05, 3.63) is 29.3 Å². The van der Waals surface area contributed by atoms with Crippen LogP contribution in [0.4, 0.5) is 5.69 Å². The molecule has 0 spiro atoms. The van der Waals surface area contributed by atoms with Crippen molar-refractivity contribution < 1.29 is 9.59 Å². The number of nitrogens with zero attached hydrogens (tertiary/aromatic N) is 1. The molecule has 1 atom stereocenters. The molecule has 0 saturated heterocycles. The van der Waals surface area contributed by atoms with E-state index in [1.54, 1.807) is 0 Å². The van der Waals surface area contributed by atoms with Crippen LogP contribution in [-0.2, 0) is 22.4 Å². The minimum absolute atomic E-state index is 0.136. The van der Waals surface area contributed by atoms with Crippen LogP contribution in [0.2, 0.25) is 0 Å². The smallest absolute Gasteiger partial charge is 0.243 e. The van der Waals surface area contributed by atoms with Crippen molar-refractivity contribution in [2.75, 3.05) is 32.0 Å². The maximum Gasteiger partial charge on any atom is 0.243 e. The lowest BCUT2D eigenvalue weighted by Crippen LogP contribution is -2.44. The maximum absolute atomic E-state index is 12.0. The number of hydrogen-bond donors (Lipinski definition) is 3. The van der Waals surface area contributed by atoms with Crippen molar-refractivity contribution in [2.24, 2.45) is 5.73 Å². The molecule has 4 N–H and O–H groups in total. The summed E-state index contributed by atoms with van der Waals surface area (Å²) in [4.78, 5) is 25.2. The minimum Gasteiger partial charge on any atom is -0.354 e. The largest absolute Gasteiger partial charge is 0.354 e. The van der Waals surface area contributed by atoms with Crippen molar-refractivity contribution in [3.63, 3.8) is 0 Å². The van der Waals surface area contributed by atoms with Crippen molar-refractivity contribution in [1.82, 2.24) is 10.2 Å². The summed E-state index contributed by atoms with van der Waals surface area (Å²) in [5.41, 5.74) is 9.13. The molecule has 1 aromatic rings. The van der Waals surface area contributed by atoms with Gasteiger partial charge in [-0.1, -0.05) is 6.07 Å². The predicted molar refractivity (Wildman–Crippen MR) is 86.6 cm³/mol. The molecule has 0 bridgehead atoms. The van der Waals surface area contributed by atoms with Crippen molar-refractivity contribution in [3.8, 4) is 0 Å². The monoisotopic (exact) mass is 304 g/mol. The third-order valence-electron chi connectivity index (χ3n) is 3.91. The first-order chi connectivity index (χ1) is 10.5. The van der Waals surface area contributed by atoms with Gasteiger partial charge < -0.3 is 21.3 Å². The highest BCUT2D eigenvalue weighted by Crippen LogP contribution is 2.20. The molecule has 0 fully saturated rings. The fraction of sp³-hybridized carbons (Fsp3) is 0.500. The van der Waals surface area contributed by atoms with Crippen molar-refractivity contribution >= 4 is 17.5 Å². The molecule has 2 amide bonds. The Hall–Kier alpha value is -1.92. The van der Waals surface area contributed by atoms with E-state index in [-0.39, 0.29) is 18.4 Å². The molecular formula is C16H24N4O2. The van der Waals surface area contributed by atoms with Gasteiger partial charge in [-0.25, -0.2) is 0 Å². The Morgan fingerprint density at radius 2 is 1.95 bits per heavy atom. The highest BCUT2D eigenvalue weighted by molar-refractivity contribution is 5.95. The highest BCUT2D eigenvalue weighted by atomic mass is 16.2. The summed E-state index contributed by atoms with van der Waals surface area (Å²) in [5, 5.41) is 5.36. The van der Waals surface area contributed by atoms with E-state index < -0.39 is 6.04 Å². The van der Waals surface area contributed by atoms with E-state index in [0.29, 0.717) is 0 Å². The number of carbonyl (C=O) groups is 2. The summed E-state index contributed by atoms with van der Waals surface area (Å²) in [5.74, 6) is -0.489. The Labute approximate surface area is 131 Å². The summed E-state index contributed by atoms with van der Waals surface area (Å²) in [6, 6.07) is 5.25. The van der Waals surface area contributed by atoms with E-state index in [1.807, 2.05) is 12.1 Å². The quantitative estimate of drug-likeness (QED) is 0.737. The van der Waals surface area contributed by atoms with E-state index in [1.165, 1.54) is 18.1 Å². The van der Waals surface area contributed by atoms with Gasteiger partial charge in [-0.15, -0.1) is 0 Å². The van der Waals surface area contributed by atoms with Gasteiger partial charge in [0.2, 0.25) is 11.8 Å². The Balaban J connectivity index is 1.99. The second kappa shape index (κ2) is 7.38. The van der Waals surface area contributed by atoms with E-state index in [4.69, 9.17) is 5.73 Å². The molecule has 0 radical (unpaired) electrons. The van der Waals surface area contributed by atoms with Crippen LogP contribution in [0.15, 0.2) is 18.2 Å². The van der Waals surface area contributed by atoms with Crippen molar-refractivity contribution in [1.29, 1.82) is 0 Å². The molecule has 1 aliphatic heterocycles. The number of hydrogen-bond acceptors (Lipinski definition) is 4. The molecule has 1 aromatic carbocycles. The van der Waals surface area contributed by atoms with Crippen LogP contribution in [0.25, 0.3) is 0 Å². The van der Waals surface area contributed by atoms with Gasteiger partial charge in [0.05, 0.1) is 0 Å². The predicted octanol–water partition coefficient (Wildman–Crippen LogP) is 0.119. The number of anilines is 1. The summed E-state index contributed by atoms with van der Waals surface area (Å²) < 4.78 is 0. The van der Waals surface area contributed by atoms with Gasteiger partial charge in [0.25, 0.3) is 0 Å². The number of likely N-dealkylation sites (N-methyl/N-ethyl adjacent to an activating group) is 1. The van der Waals surface area contributed by atoms with Gasteiger partial charge >= 0.3 is 0 Å². The van der Waals surface area contributed by atoms with E-state index in [9.17, 15) is 9.59 Å². The summed E-state index contributed by atoms with van der Waals surface area (Å²) in [6.07, 6.45) is 2.01. The van der Waals surface area contributed by atoms with Crippen LogP contribution in [0.1, 0.15) is 18.1 Å². The second-order valence-electron chi connectivity index (χ2n) is 5.82. The first-order valence-electron chi connectivity index (χ1n) is 7.57. The van der Waals surface area contributed by atoms with Crippen LogP contribution < -0.4 is 16.4 Å². The molecule has 22 heavy (non-hydrogen) atoms. The van der Waals surface area contributed by atoms with Gasteiger partial charge in [-0.3, -0.25) is 9.59 Å². The molecule has 6 nitrogen and oxygen atoms in total. The Bertz CT molecular complexity index is 559. The first-order valence-corrected chi connectivity index (χ1v) is 7.57. The molecule has 0 unspecified atom stereocenters. The number of benzene rings is 1. The number of nitrogens with two attached hydrogens (primary N) is 1. The summed E-state index contributed by atoms with van der Waals surface area (Å²) in [7, 11) is 2.12. The fourth-order valence-electron chi connectivity index (χ4n) is 2.50. The van der Waals surface area contributed by atoms with E-state index in [0.717, 1.165) is 31.6 Å². The topological polar surface area (TPSA) is 87.5 Å². The lowest BCUT2D eigenvalue weighted by molar-refractivity contribution is -0.119. The fourth-order valence-corrected chi connectivity index (χ4v) is 2.50. The highest BCUT2D eigenvalue weighted by Gasteiger charge is 2.16. The first kappa shape index (κ1) is 16.5. The van der Waals surface area contributed by atoms with Crippen LogP contribution in [0.3, 0.4) is 0 Å². The zero-order valence-electron chi connectivity index (χ0n) is 13.2. The molecule has 6 heteroatoms. The molecule has 1 heterocycles. The van der Waals surface area contributed by atoms with Crippen LogP contribution in [0.5, 0.6) is 0 Å². The Morgan fingerprint density at radius 1 is 1.27 bits per heavy atom. The maximum atomic E-state index is 12.0. The number of nitrogens with one attached hydrogen (secondary N) is 2. The van der Waals surface area contributed by atoms with Crippen LogP contribution >= 0.6 is 0 Å². The Morgan fingerprint density at radius 3 is 2.64 bits per heavy atom. The van der Waals surface area contributed by atoms with Gasteiger partial charge in [0.15, 0.2) is 0 Å². The van der Waals surface area contributed by atoms with Gasteiger partial charge in [0.1, 0.15) is 6.04 Å². The minimum atomic E-state index is -0.756. The van der Waals surface area contributed by atoms with E-state index in [2.05, 4.69) is 28.6 Å². The summed E-state index contributed by atoms with van der Waals surface area (Å²) >= 11 is 0. The van der Waals surface area contributed by atoms with Crippen LogP contribution in [-0.4, -0.2) is 49.4 Å². The molecule has 0 aliphatic carbocycles. The average Bonchev–Trinajstić information content (AvgIpc) is 2.66. The van der Waals surface area contributed by atoms with Crippen molar-refractivity contribution in [2.45, 2.75) is 25.8 Å². The zero-order chi connectivity index (χ0) is 16.1. The lowest BCUT2D eigenvalue weighted by Gasteiger charge is -2.14. The standard InChI is InChI=1S/C16H24N4O2/c1-11(21)18-10-15(17)16(22)19-14-4-3-12-5-7-20(2)8-6-13(12)9-14/h3-4,9,15H,5-8,10,17H2,1-2H3,(H,18,21)(H,19,22)/t15-/m1/s1. The molecule has 0 aromatic heterocycles. The summed E-state index contributed by atoms with van der Waals surface area (Å²) in [6.45, 7) is 3.61. The van der Waals surface area contributed by atoms with Gasteiger partial charge in [0, 0.05) is 32.2 Å². The number of carbonyl (C=O) groups excluding carboxylic acids is 2. The lowest BCUT2D eigenvalue weighted by atomic mass is 10.0. The normalized spacial score (nSPS) is 16.3. The number of amides is 2. The second-order valence-corrected chi connectivity index (χ2v) is 5.82. The third-order valence-corrected chi connectivity index (χ3v) is 3.91. The third kappa shape index (κ3) is 4.54. The van der Waals surface area contributed by atoms with E-state index >= 15 is 0 Å². The SMILES string of the molecule is CC(=O)NC[C@@H](N)C(=O)Nc1ccc2c(c1)CCN(C)CC2. The Kier molecular flexibility index (Phi) is 5.51. The molecule has 120 valence electrons. The molecule has 2 rings (SSSR count). The van der Waals surface area contributed by atoms with Crippen LogP contribution in [0, 0.1) is 0 Å². The van der Waals surface area contributed by atoms with Gasteiger partial charge in [-0.2, -0.15) is 0 Å². The molecule has 1 aliphatic rings. The average molecular weight is 304 g/mol. The van der Waals surface area contributed by atoms with Gasteiger partial charge in [-0.05, 0) is 43.1 Å².